The SMILES string of the molecule is Cc1ccccc1C(C(=O)NCc1ccccc1)N(C(=O)C(Cc1ccccc1)NC(=O)OC(C)(C)C)C(C)C. The highest BCUT2D eigenvalue weighted by Gasteiger charge is 2.38. The van der Waals surface area contributed by atoms with Gasteiger partial charge in [-0.05, 0) is 63.8 Å². The minimum atomic E-state index is -0.951. The summed E-state index contributed by atoms with van der Waals surface area (Å²) in [6.45, 7) is 11.3. The van der Waals surface area contributed by atoms with Gasteiger partial charge in [-0.3, -0.25) is 9.59 Å². The molecule has 3 amide bonds. The fourth-order valence-electron chi connectivity index (χ4n) is 4.55. The van der Waals surface area contributed by atoms with Gasteiger partial charge in [0.1, 0.15) is 17.7 Å². The molecule has 0 bridgehead atoms. The lowest BCUT2D eigenvalue weighted by Gasteiger charge is -2.37. The van der Waals surface area contributed by atoms with Crippen LogP contribution in [0.5, 0.6) is 0 Å². The van der Waals surface area contributed by atoms with Gasteiger partial charge in [0.2, 0.25) is 11.8 Å². The average Bonchev–Trinajstić information content (AvgIpc) is 2.90. The number of rotatable bonds is 10. The summed E-state index contributed by atoms with van der Waals surface area (Å²) in [6.07, 6.45) is -0.444. The number of alkyl carbamates (subject to hydrolysis) is 1. The summed E-state index contributed by atoms with van der Waals surface area (Å²) in [5.41, 5.74) is 2.71. The van der Waals surface area contributed by atoms with Gasteiger partial charge in [0.05, 0.1) is 0 Å². The predicted molar refractivity (Wildman–Crippen MR) is 157 cm³/mol. The molecule has 0 saturated carbocycles. The van der Waals surface area contributed by atoms with Crippen molar-refractivity contribution in [1.82, 2.24) is 15.5 Å². The topological polar surface area (TPSA) is 87.7 Å². The van der Waals surface area contributed by atoms with Crippen LogP contribution in [0.15, 0.2) is 84.9 Å². The van der Waals surface area contributed by atoms with Crippen molar-refractivity contribution >= 4 is 17.9 Å². The van der Waals surface area contributed by atoms with Crippen molar-refractivity contribution in [3.8, 4) is 0 Å². The Labute approximate surface area is 237 Å². The normalized spacial score (nSPS) is 12.8. The summed E-state index contributed by atoms with van der Waals surface area (Å²) in [7, 11) is 0. The number of carbonyl (C=O) groups is 3. The van der Waals surface area contributed by atoms with Crippen molar-refractivity contribution < 1.29 is 19.1 Å². The van der Waals surface area contributed by atoms with Crippen molar-refractivity contribution in [1.29, 1.82) is 0 Å². The lowest BCUT2D eigenvalue weighted by Crippen LogP contribution is -2.55. The van der Waals surface area contributed by atoms with Crippen molar-refractivity contribution in [3.63, 3.8) is 0 Å². The van der Waals surface area contributed by atoms with E-state index in [9.17, 15) is 14.4 Å². The highest BCUT2D eigenvalue weighted by atomic mass is 16.6. The van der Waals surface area contributed by atoms with Gasteiger partial charge in [-0.25, -0.2) is 4.79 Å². The van der Waals surface area contributed by atoms with Crippen molar-refractivity contribution in [2.45, 2.75) is 78.2 Å². The monoisotopic (exact) mass is 543 g/mol. The van der Waals surface area contributed by atoms with Crippen LogP contribution in [0, 0.1) is 6.92 Å². The zero-order chi connectivity index (χ0) is 29.3. The van der Waals surface area contributed by atoms with Crippen LogP contribution in [0.3, 0.4) is 0 Å². The van der Waals surface area contributed by atoms with Crippen molar-refractivity contribution in [3.05, 3.63) is 107 Å². The van der Waals surface area contributed by atoms with Gasteiger partial charge in [0.25, 0.3) is 0 Å². The second-order valence-electron chi connectivity index (χ2n) is 11.2. The Morgan fingerprint density at radius 2 is 1.38 bits per heavy atom. The smallest absolute Gasteiger partial charge is 0.408 e. The number of nitrogens with zero attached hydrogens (tertiary/aromatic N) is 1. The lowest BCUT2D eigenvalue weighted by molar-refractivity contribution is -0.144. The molecular formula is C33H41N3O4. The van der Waals surface area contributed by atoms with E-state index in [1.807, 2.05) is 106 Å². The molecule has 0 aliphatic rings. The maximum Gasteiger partial charge on any atom is 0.408 e. The fourth-order valence-corrected chi connectivity index (χ4v) is 4.55. The van der Waals surface area contributed by atoms with Gasteiger partial charge in [0.15, 0.2) is 0 Å². The molecule has 2 unspecified atom stereocenters. The van der Waals surface area contributed by atoms with E-state index in [0.29, 0.717) is 6.54 Å². The number of carbonyl (C=O) groups excluding carboxylic acids is 3. The molecule has 0 radical (unpaired) electrons. The third kappa shape index (κ3) is 8.70. The van der Waals surface area contributed by atoms with E-state index < -0.39 is 23.8 Å². The number of nitrogens with one attached hydrogen (secondary N) is 2. The number of ether oxygens (including phenoxy) is 1. The number of hydrogen-bond acceptors (Lipinski definition) is 4. The third-order valence-electron chi connectivity index (χ3n) is 6.40. The molecule has 2 N–H and O–H groups in total. The van der Waals surface area contributed by atoms with Crippen LogP contribution in [-0.2, 0) is 27.3 Å². The van der Waals surface area contributed by atoms with Crippen LogP contribution in [-0.4, -0.2) is 40.5 Å². The molecule has 0 aliphatic carbocycles. The second-order valence-corrected chi connectivity index (χ2v) is 11.2. The third-order valence-corrected chi connectivity index (χ3v) is 6.40. The van der Waals surface area contributed by atoms with Crippen LogP contribution >= 0.6 is 0 Å². The summed E-state index contributed by atoms with van der Waals surface area (Å²) in [5.74, 6) is -0.663. The minimum Gasteiger partial charge on any atom is -0.444 e. The number of hydrogen-bond donors (Lipinski definition) is 2. The van der Waals surface area contributed by atoms with Crippen LogP contribution in [0.4, 0.5) is 4.79 Å². The summed E-state index contributed by atoms with van der Waals surface area (Å²) >= 11 is 0. The highest BCUT2D eigenvalue weighted by molar-refractivity contribution is 5.92. The quantitative estimate of drug-likeness (QED) is 0.342. The van der Waals surface area contributed by atoms with E-state index in [1.54, 1.807) is 25.7 Å². The second kappa shape index (κ2) is 13.8. The van der Waals surface area contributed by atoms with E-state index in [0.717, 1.165) is 22.3 Å². The zero-order valence-electron chi connectivity index (χ0n) is 24.3. The van der Waals surface area contributed by atoms with Crippen LogP contribution in [0.1, 0.15) is 62.9 Å². The molecule has 0 aliphatic heterocycles. The van der Waals surface area contributed by atoms with Crippen LogP contribution in [0.2, 0.25) is 0 Å². The Hall–Kier alpha value is -4.13. The first kappa shape index (κ1) is 30.4. The van der Waals surface area contributed by atoms with Crippen molar-refractivity contribution in [2.24, 2.45) is 0 Å². The maximum atomic E-state index is 14.4. The summed E-state index contributed by atoms with van der Waals surface area (Å²) < 4.78 is 5.50. The van der Waals surface area contributed by atoms with Crippen LogP contribution < -0.4 is 10.6 Å². The van der Waals surface area contributed by atoms with E-state index in [1.165, 1.54) is 0 Å². The molecule has 0 fully saturated rings. The molecular weight excluding hydrogens is 502 g/mol. The predicted octanol–water partition coefficient (Wildman–Crippen LogP) is 5.73. The maximum absolute atomic E-state index is 14.4. The molecule has 212 valence electrons. The molecule has 7 nitrogen and oxygen atoms in total. The first-order valence-electron chi connectivity index (χ1n) is 13.7. The summed E-state index contributed by atoms with van der Waals surface area (Å²) in [6, 6.07) is 24.5. The molecule has 2 atom stereocenters. The Morgan fingerprint density at radius 1 is 0.825 bits per heavy atom. The Morgan fingerprint density at radius 3 is 1.93 bits per heavy atom. The standard InChI is InChI=1S/C33H41N3O4/c1-23(2)36(31(38)28(21-25-16-9-7-10-17-25)35-32(39)40-33(4,5)6)29(27-20-14-13-15-24(27)3)30(37)34-22-26-18-11-8-12-19-26/h7-20,23,28-29H,21-22H2,1-6H3,(H,34,37)(H,35,39). The number of benzene rings is 3. The Bertz CT molecular complexity index is 1270. The number of aryl methyl sites for hydroxylation is 1. The fraction of sp³-hybridized carbons (Fsp3) is 0.364. The molecule has 0 spiro atoms. The highest BCUT2D eigenvalue weighted by Crippen LogP contribution is 2.28. The molecule has 0 aromatic heterocycles. The van der Waals surface area contributed by atoms with E-state index in [2.05, 4.69) is 10.6 Å². The van der Waals surface area contributed by atoms with Crippen molar-refractivity contribution in [2.75, 3.05) is 0 Å². The largest absolute Gasteiger partial charge is 0.444 e. The zero-order valence-corrected chi connectivity index (χ0v) is 24.3. The number of amides is 3. The van der Waals surface area contributed by atoms with Gasteiger partial charge < -0.3 is 20.3 Å². The molecule has 7 heteroatoms. The van der Waals surface area contributed by atoms with E-state index in [4.69, 9.17) is 4.74 Å². The molecule has 3 aromatic rings. The first-order chi connectivity index (χ1) is 19.0. The van der Waals surface area contributed by atoms with E-state index >= 15 is 0 Å². The molecule has 40 heavy (non-hydrogen) atoms. The Balaban J connectivity index is 2.00. The average molecular weight is 544 g/mol. The van der Waals surface area contributed by atoms with Gasteiger partial charge in [-0.15, -0.1) is 0 Å². The Kier molecular flexibility index (Phi) is 10.5. The van der Waals surface area contributed by atoms with Gasteiger partial charge in [-0.2, -0.15) is 0 Å². The molecule has 3 aromatic carbocycles. The first-order valence-corrected chi connectivity index (χ1v) is 13.7. The molecule has 0 heterocycles. The van der Waals surface area contributed by atoms with Gasteiger partial charge >= 0.3 is 6.09 Å². The van der Waals surface area contributed by atoms with Gasteiger partial charge in [0, 0.05) is 19.0 Å². The van der Waals surface area contributed by atoms with Crippen LogP contribution in [0.25, 0.3) is 0 Å². The lowest BCUT2D eigenvalue weighted by atomic mass is 9.96. The molecule has 0 saturated heterocycles. The van der Waals surface area contributed by atoms with Gasteiger partial charge in [-0.1, -0.05) is 84.9 Å². The van der Waals surface area contributed by atoms with E-state index in [-0.39, 0.29) is 24.3 Å². The molecule has 3 rings (SSSR count). The summed E-state index contributed by atoms with van der Waals surface area (Å²) in [4.78, 5) is 42.7. The summed E-state index contributed by atoms with van der Waals surface area (Å²) in [5, 5.41) is 5.82. The minimum absolute atomic E-state index is 0.244.